The molecule has 1 aromatic carbocycles. The van der Waals surface area contributed by atoms with Gasteiger partial charge in [-0.3, -0.25) is 4.79 Å². The number of carbonyl (C=O) groups is 2. The predicted octanol–water partition coefficient (Wildman–Crippen LogP) is 1.22. The van der Waals surface area contributed by atoms with Crippen molar-refractivity contribution in [1.29, 1.82) is 0 Å². The molecular formula is C13H19N3O3. The zero-order valence-corrected chi connectivity index (χ0v) is 10.9. The minimum atomic E-state index is -0.610. The molecular weight excluding hydrogens is 246 g/mol. The first kappa shape index (κ1) is 15.0. The van der Waals surface area contributed by atoms with Gasteiger partial charge in [0.25, 0.3) is 0 Å². The molecule has 0 aromatic heterocycles. The van der Waals surface area contributed by atoms with Gasteiger partial charge in [0, 0.05) is 32.4 Å². The number of rotatable bonds is 7. The molecule has 6 heteroatoms. The molecule has 0 spiro atoms. The van der Waals surface area contributed by atoms with Crippen molar-refractivity contribution in [3.8, 4) is 0 Å². The second-order valence-corrected chi connectivity index (χ2v) is 4.06. The lowest BCUT2D eigenvalue weighted by molar-refractivity contribution is -0.121. The molecule has 0 aliphatic heterocycles. The minimum Gasteiger partial charge on any atom is -0.385 e. The maximum atomic E-state index is 11.5. The third-order valence-electron chi connectivity index (χ3n) is 2.44. The van der Waals surface area contributed by atoms with Crippen molar-refractivity contribution in [2.75, 3.05) is 19.0 Å². The lowest BCUT2D eigenvalue weighted by atomic mass is 10.2. The number of hydrogen-bond donors (Lipinski definition) is 3. The number of anilines is 1. The van der Waals surface area contributed by atoms with Crippen molar-refractivity contribution >= 4 is 17.6 Å². The average molecular weight is 265 g/mol. The molecule has 0 saturated carbocycles. The van der Waals surface area contributed by atoms with Crippen LogP contribution in [-0.4, -0.2) is 25.7 Å². The van der Waals surface area contributed by atoms with E-state index in [4.69, 9.17) is 10.5 Å². The van der Waals surface area contributed by atoms with Crippen molar-refractivity contribution in [3.63, 3.8) is 0 Å². The molecule has 1 rings (SSSR count). The van der Waals surface area contributed by atoms with Gasteiger partial charge in [-0.15, -0.1) is 0 Å². The maximum Gasteiger partial charge on any atom is 0.316 e. The summed E-state index contributed by atoms with van der Waals surface area (Å²) in [5.41, 5.74) is 6.54. The van der Waals surface area contributed by atoms with Crippen LogP contribution in [0, 0.1) is 0 Å². The molecule has 0 atom stereocenters. The van der Waals surface area contributed by atoms with Crippen molar-refractivity contribution in [2.45, 2.75) is 19.4 Å². The average Bonchev–Trinajstić information content (AvgIpc) is 2.36. The van der Waals surface area contributed by atoms with Gasteiger partial charge in [-0.2, -0.15) is 0 Å². The monoisotopic (exact) mass is 265 g/mol. The number of methoxy groups -OCH3 is 1. The van der Waals surface area contributed by atoms with Crippen LogP contribution in [0.1, 0.15) is 18.4 Å². The zero-order chi connectivity index (χ0) is 14.1. The number of nitrogens with two attached hydrogens (primary N) is 1. The highest BCUT2D eigenvalue weighted by Crippen LogP contribution is 2.10. The Balaban J connectivity index is 2.40. The van der Waals surface area contributed by atoms with Gasteiger partial charge < -0.3 is 21.1 Å². The van der Waals surface area contributed by atoms with E-state index in [2.05, 4.69) is 10.6 Å². The van der Waals surface area contributed by atoms with Crippen molar-refractivity contribution in [2.24, 2.45) is 5.73 Å². The van der Waals surface area contributed by atoms with Crippen molar-refractivity contribution in [3.05, 3.63) is 29.8 Å². The van der Waals surface area contributed by atoms with Crippen LogP contribution in [0.3, 0.4) is 0 Å². The molecule has 3 amide bonds. The van der Waals surface area contributed by atoms with Crippen molar-refractivity contribution < 1.29 is 14.3 Å². The summed E-state index contributed by atoms with van der Waals surface area (Å²) in [5.74, 6) is -0.0229. The summed E-state index contributed by atoms with van der Waals surface area (Å²) >= 11 is 0. The van der Waals surface area contributed by atoms with E-state index >= 15 is 0 Å². The van der Waals surface area contributed by atoms with Crippen molar-refractivity contribution in [1.82, 2.24) is 5.32 Å². The Kier molecular flexibility index (Phi) is 6.38. The van der Waals surface area contributed by atoms with Crippen LogP contribution < -0.4 is 16.4 Å². The van der Waals surface area contributed by atoms with Gasteiger partial charge in [0.2, 0.25) is 5.91 Å². The fraction of sp³-hybridized carbons (Fsp3) is 0.385. The molecule has 6 nitrogen and oxygen atoms in total. The van der Waals surface area contributed by atoms with Crippen LogP contribution in [0.4, 0.5) is 10.5 Å². The third-order valence-corrected chi connectivity index (χ3v) is 2.44. The molecule has 1 aromatic rings. The molecule has 0 fully saturated rings. The van der Waals surface area contributed by atoms with Crippen LogP contribution >= 0.6 is 0 Å². The Morgan fingerprint density at radius 1 is 1.37 bits per heavy atom. The molecule has 4 N–H and O–H groups in total. The van der Waals surface area contributed by atoms with E-state index in [-0.39, 0.29) is 5.91 Å². The van der Waals surface area contributed by atoms with Gasteiger partial charge in [0.05, 0.1) is 0 Å². The predicted molar refractivity (Wildman–Crippen MR) is 72.6 cm³/mol. The second kappa shape index (κ2) is 8.10. The van der Waals surface area contributed by atoms with Crippen LogP contribution in [0.2, 0.25) is 0 Å². The first-order valence-corrected chi connectivity index (χ1v) is 6.03. The standard InChI is InChI=1S/C13H19N3O3/c1-19-7-3-6-12(17)15-9-10-4-2-5-11(8-10)16-13(14)18/h2,4-5,8H,3,6-7,9H2,1H3,(H,15,17)(H3,14,16,18). The summed E-state index contributed by atoms with van der Waals surface area (Å²) in [6, 6.07) is 6.54. The van der Waals surface area contributed by atoms with E-state index in [1.165, 1.54) is 0 Å². The molecule has 0 unspecified atom stereocenters. The SMILES string of the molecule is COCCCC(=O)NCc1cccc(NC(N)=O)c1. The summed E-state index contributed by atoms with van der Waals surface area (Å²) in [6.07, 6.45) is 1.14. The fourth-order valence-electron chi connectivity index (χ4n) is 1.57. The van der Waals surface area contributed by atoms with E-state index in [9.17, 15) is 9.59 Å². The minimum absolute atomic E-state index is 0.0229. The number of primary amides is 1. The highest BCUT2D eigenvalue weighted by molar-refractivity contribution is 5.87. The van der Waals surface area contributed by atoms with Gasteiger partial charge in [0.1, 0.15) is 0 Å². The van der Waals surface area contributed by atoms with E-state index in [0.717, 1.165) is 5.56 Å². The molecule has 19 heavy (non-hydrogen) atoms. The Hall–Kier alpha value is -2.08. The van der Waals surface area contributed by atoms with Gasteiger partial charge in [-0.1, -0.05) is 12.1 Å². The largest absolute Gasteiger partial charge is 0.385 e. The van der Waals surface area contributed by atoms with E-state index in [1.807, 2.05) is 6.07 Å². The smallest absolute Gasteiger partial charge is 0.316 e. The summed E-state index contributed by atoms with van der Waals surface area (Å²) in [5, 5.41) is 5.28. The van der Waals surface area contributed by atoms with E-state index in [1.54, 1.807) is 25.3 Å². The summed E-state index contributed by atoms with van der Waals surface area (Å²) in [7, 11) is 1.61. The summed E-state index contributed by atoms with van der Waals surface area (Å²) in [4.78, 5) is 22.2. The van der Waals surface area contributed by atoms with Crippen LogP contribution in [-0.2, 0) is 16.1 Å². The number of ether oxygens (including phenoxy) is 1. The van der Waals surface area contributed by atoms with E-state index < -0.39 is 6.03 Å². The molecule has 0 aliphatic carbocycles. The second-order valence-electron chi connectivity index (χ2n) is 4.06. The highest BCUT2D eigenvalue weighted by Gasteiger charge is 2.02. The molecule has 0 radical (unpaired) electrons. The number of carbonyl (C=O) groups excluding carboxylic acids is 2. The van der Waals surface area contributed by atoms with Gasteiger partial charge >= 0.3 is 6.03 Å². The molecule has 0 aliphatic rings. The highest BCUT2D eigenvalue weighted by atomic mass is 16.5. The Labute approximate surface area is 112 Å². The normalized spacial score (nSPS) is 9.95. The molecule has 104 valence electrons. The molecule has 0 saturated heterocycles. The van der Waals surface area contributed by atoms with Gasteiger partial charge in [0.15, 0.2) is 0 Å². The lowest BCUT2D eigenvalue weighted by Crippen LogP contribution is -2.23. The third kappa shape index (κ3) is 6.42. The lowest BCUT2D eigenvalue weighted by Gasteiger charge is -2.07. The Morgan fingerprint density at radius 3 is 2.84 bits per heavy atom. The number of benzene rings is 1. The Bertz CT molecular complexity index is 435. The number of hydrogen-bond acceptors (Lipinski definition) is 3. The van der Waals surface area contributed by atoms with Gasteiger partial charge in [-0.25, -0.2) is 4.79 Å². The number of urea groups is 1. The zero-order valence-electron chi connectivity index (χ0n) is 10.9. The van der Waals surface area contributed by atoms with Gasteiger partial charge in [-0.05, 0) is 24.1 Å². The van der Waals surface area contributed by atoms with Crippen LogP contribution in [0.25, 0.3) is 0 Å². The fourth-order valence-corrected chi connectivity index (χ4v) is 1.57. The maximum absolute atomic E-state index is 11.5. The number of amides is 3. The summed E-state index contributed by atoms with van der Waals surface area (Å²) in [6.45, 7) is 0.992. The first-order valence-electron chi connectivity index (χ1n) is 6.03. The first-order chi connectivity index (χ1) is 9.11. The van der Waals surface area contributed by atoms with Crippen LogP contribution in [0.5, 0.6) is 0 Å². The Morgan fingerprint density at radius 2 is 2.16 bits per heavy atom. The molecule has 0 heterocycles. The van der Waals surface area contributed by atoms with Crippen LogP contribution in [0.15, 0.2) is 24.3 Å². The number of nitrogens with one attached hydrogen (secondary N) is 2. The molecule has 0 bridgehead atoms. The quantitative estimate of drug-likeness (QED) is 0.647. The summed E-state index contributed by atoms with van der Waals surface area (Å²) < 4.78 is 4.88. The van der Waals surface area contributed by atoms with E-state index in [0.29, 0.717) is 31.7 Å². The topological polar surface area (TPSA) is 93.4 Å².